The summed E-state index contributed by atoms with van der Waals surface area (Å²) in [6, 6.07) is 16.0. The van der Waals surface area contributed by atoms with Crippen LogP contribution in [0.15, 0.2) is 59.6 Å². The van der Waals surface area contributed by atoms with Gasteiger partial charge in [-0.15, -0.1) is 0 Å². The molecule has 0 aliphatic heterocycles. The number of pyridine rings is 1. The van der Waals surface area contributed by atoms with Crippen molar-refractivity contribution in [3.05, 3.63) is 71.7 Å². The quantitative estimate of drug-likeness (QED) is 0.477. The van der Waals surface area contributed by atoms with E-state index in [0.29, 0.717) is 33.5 Å². The first-order valence-corrected chi connectivity index (χ1v) is 9.48. The molecule has 3 N–H and O–H groups in total. The van der Waals surface area contributed by atoms with Crippen molar-refractivity contribution in [2.24, 2.45) is 0 Å². The van der Waals surface area contributed by atoms with Crippen LogP contribution in [0, 0.1) is 24.1 Å². The maximum atomic E-state index is 14.7. The van der Waals surface area contributed by atoms with Crippen LogP contribution < -0.4 is 10.5 Å². The number of nitrogens with one attached hydrogen (secondary N) is 1. The fourth-order valence-corrected chi connectivity index (χ4v) is 3.62. The molecule has 0 aliphatic rings. The summed E-state index contributed by atoms with van der Waals surface area (Å²) in [5.41, 5.74) is 9.90. The van der Waals surface area contributed by atoms with Crippen LogP contribution in [0.5, 0.6) is 0 Å². The number of rotatable bonds is 4. The third kappa shape index (κ3) is 3.81. The van der Waals surface area contributed by atoms with Crippen molar-refractivity contribution in [3.8, 4) is 17.3 Å². The van der Waals surface area contributed by atoms with Gasteiger partial charge in [-0.05, 0) is 54.8 Å². The van der Waals surface area contributed by atoms with E-state index in [1.165, 1.54) is 18.0 Å². The van der Waals surface area contributed by atoms with Crippen molar-refractivity contribution < 1.29 is 4.39 Å². The Labute approximate surface area is 170 Å². The zero-order valence-electron chi connectivity index (χ0n) is 15.3. The van der Waals surface area contributed by atoms with Crippen LogP contribution in [0.25, 0.3) is 22.3 Å². The molecule has 0 spiro atoms. The molecule has 2 aromatic carbocycles. The Bertz CT molecular complexity index is 1270. The van der Waals surface area contributed by atoms with Crippen LogP contribution in [0.2, 0.25) is 0 Å². The number of nitrogens with two attached hydrogens (primary N) is 1. The molecule has 0 fully saturated rings. The number of nitrogen functional groups attached to an aromatic ring is 1. The molecule has 2 aromatic heterocycles. The lowest BCUT2D eigenvalue weighted by Gasteiger charge is -2.10. The zero-order valence-corrected chi connectivity index (χ0v) is 16.2. The van der Waals surface area contributed by atoms with E-state index in [0.717, 1.165) is 10.5 Å². The van der Waals surface area contributed by atoms with Crippen LogP contribution in [-0.4, -0.2) is 15.0 Å². The van der Waals surface area contributed by atoms with Gasteiger partial charge in [-0.3, -0.25) is 0 Å². The van der Waals surface area contributed by atoms with Crippen molar-refractivity contribution in [2.45, 2.75) is 11.8 Å². The molecular weight excluding hydrogens is 387 g/mol. The maximum absolute atomic E-state index is 14.7. The van der Waals surface area contributed by atoms with Crippen LogP contribution in [0.4, 0.5) is 16.0 Å². The fourth-order valence-electron chi connectivity index (χ4n) is 2.86. The average Bonchev–Trinajstić information content (AvgIpc) is 2.73. The molecule has 4 rings (SSSR count). The van der Waals surface area contributed by atoms with E-state index >= 15 is 0 Å². The van der Waals surface area contributed by atoms with E-state index in [9.17, 15) is 4.39 Å². The molecule has 29 heavy (non-hydrogen) atoms. The summed E-state index contributed by atoms with van der Waals surface area (Å²) in [4.78, 5) is 13.4. The van der Waals surface area contributed by atoms with E-state index < -0.39 is 5.82 Å². The van der Waals surface area contributed by atoms with Gasteiger partial charge in [0.25, 0.3) is 0 Å². The second-order valence-electron chi connectivity index (χ2n) is 6.29. The monoisotopic (exact) mass is 402 g/mol. The molecule has 0 saturated heterocycles. The number of halogens is 1. The molecule has 2 heterocycles. The third-order valence-electron chi connectivity index (χ3n) is 4.30. The minimum absolute atomic E-state index is 0.187. The van der Waals surface area contributed by atoms with Gasteiger partial charge in [-0.1, -0.05) is 18.2 Å². The van der Waals surface area contributed by atoms with Gasteiger partial charge >= 0.3 is 0 Å². The summed E-state index contributed by atoms with van der Waals surface area (Å²) in [6.07, 6.45) is 1.56. The highest BCUT2D eigenvalue weighted by atomic mass is 32.2. The minimum atomic E-state index is -0.419. The number of anilines is 2. The lowest BCUT2D eigenvalue weighted by Crippen LogP contribution is -1.98. The number of nitriles is 1. The Hall–Kier alpha value is -3.70. The first-order chi connectivity index (χ1) is 14.0. The van der Waals surface area contributed by atoms with Crippen molar-refractivity contribution >= 4 is 34.6 Å². The molecule has 6 nitrogen and oxygen atoms in total. The van der Waals surface area contributed by atoms with E-state index in [1.807, 2.05) is 19.1 Å². The second kappa shape index (κ2) is 7.73. The summed E-state index contributed by atoms with van der Waals surface area (Å²) < 4.78 is 17.6. The molecule has 0 unspecified atom stereocenters. The Balaban J connectivity index is 1.61. The number of benzene rings is 2. The highest BCUT2D eigenvalue weighted by Gasteiger charge is 2.11. The third-order valence-corrected chi connectivity index (χ3v) is 5.20. The van der Waals surface area contributed by atoms with Gasteiger partial charge in [0.1, 0.15) is 17.4 Å². The molecule has 0 bridgehead atoms. The van der Waals surface area contributed by atoms with Gasteiger partial charge in [-0.25, -0.2) is 19.3 Å². The summed E-state index contributed by atoms with van der Waals surface area (Å²) in [5.74, 6) is -0.232. The molecule has 0 radical (unpaired) electrons. The van der Waals surface area contributed by atoms with Gasteiger partial charge in [-0.2, -0.15) is 5.26 Å². The lowest BCUT2D eigenvalue weighted by molar-refractivity contribution is 0.633. The topological polar surface area (TPSA) is 101 Å². The predicted octanol–water partition coefficient (Wildman–Crippen LogP) is 4.71. The maximum Gasteiger partial charge on any atom is 0.220 e. The number of aromatic nitrogens is 3. The summed E-state index contributed by atoms with van der Waals surface area (Å²) in [6.45, 7) is 1.90. The largest absolute Gasteiger partial charge is 0.368 e. The van der Waals surface area contributed by atoms with Crippen LogP contribution in [-0.2, 0) is 0 Å². The summed E-state index contributed by atoms with van der Waals surface area (Å²) in [5, 5.41) is 9.16. The van der Waals surface area contributed by atoms with Gasteiger partial charge in [0.05, 0.1) is 28.7 Å². The molecule has 0 saturated carbocycles. The Kier molecular flexibility index (Phi) is 4.97. The number of nitrogens with zero attached hydrogens (tertiary/aromatic N) is 4. The smallest absolute Gasteiger partial charge is 0.220 e. The average molecular weight is 402 g/mol. The summed E-state index contributed by atoms with van der Waals surface area (Å²) >= 11 is 1.19. The molecule has 0 aliphatic carbocycles. The second-order valence-corrected chi connectivity index (χ2v) is 7.14. The molecule has 4 aromatic rings. The lowest BCUT2D eigenvalue weighted by atomic mass is 10.1. The minimum Gasteiger partial charge on any atom is -0.368 e. The fraction of sp³-hybridized carbons (Fsp3) is 0.0476. The molecule has 8 heteroatoms. The Morgan fingerprint density at radius 3 is 2.76 bits per heavy atom. The van der Waals surface area contributed by atoms with E-state index in [2.05, 4.69) is 25.7 Å². The van der Waals surface area contributed by atoms with E-state index in [1.54, 1.807) is 36.5 Å². The number of aryl methyl sites for hydroxylation is 1. The van der Waals surface area contributed by atoms with Crippen molar-refractivity contribution in [1.82, 2.24) is 15.0 Å². The predicted molar refractivity (Wildman–Crippen MR) is 113 cm³/mol. The zero-order chi connectivity index (χ0) is 20.4. The SMILES string of the molecule is Cc1cc(-c2ccc(NSc3ccccc3C#N)c(F)c2)nc2cnc(N)nc12. The van der Waals surface area contributed by atoms with Gasteiger partial charge in [0, 0.05) is 10.5 Å². The first-order valence-electron chi connectivity index (χ1n) is 8.67. The normalized spacial score (nSPS) is 10.7. The van der Waals surface area contributed by atoms with Crippen molar-refractivity contribution in [2.75, 3.05) is 10.5 Å². The highest BCUT2D eigenvalue weighted by molar-refractivity contribution is 8.00. The number of hydrogen-bond acceptors (Lipinski definition) is 7. The van der Waals surface area contributed by atoms with Crippen LogP contribution in [0.1, 0.15) is 11.1 Å². The van der Waals surface area contributed by atoms with Gasteiger partial charge in [0.2, 0.25) is 5.95 Å². The van der Waals surface area contributed by atoms with Gasteiger partial charge < -0.3 is 10.5 Å². The number of hydrogen-bond donors (Lipinski definition) is 2. The Morgan fingerprint density at radius 1 is 1.14 bits per heavy atom. The number of fused-ring (bicyclic) bond motifs is 1. The van der Waals surface area contributed by atoms with E-state index in [4.69, 9.17) is 11.0 Å². The standard InChI is InChI=1S/C21H15FN6S/c1-12-8-17(26-18-11-25-21(24)27-20(12)18)13-6-7-16(15(22)9-13)28-29-19-5-3-2-4-14(19)10-23/h2-9,11,28H,1H3,(H2,24,25,27). The van der Waals surface area contributed by atoms with Gasteiger partial charge in [0.15, 0.2) is 0 Å². The van der Waals surface area contributed by atoms with Crippen molar-refractivity contribution in [3.63, 3.8) is 0 Å². The molecule has 0 amide bonds. The Morgan fingerprint density at radius 2 is 1.97 bits per heavy atom. The highest BCUT2D eigenvalue weighted by Crippen LogP contribution is 2.29. The van der Waals surface area contributed by atoms with Crippen molar-refractivity contribution in [1.29, 1.82) is 5.26 Å². The van der Waals surface area contributed by atoms with E-state index in [-0.39, 0.29) is 5.95 Å². The summed E-state index contributed by atoms with van der Waals surface area (Å²) in [7, 11) is 0. The molecule has 142 valence electrons. The van der Waals surface area contributed by atoms with Crippen LogP contribution >= 0.6 is 11.9 Å². The molecular formula is C21H15FN6S. The first kappa shape index (κ1) is 18.7. The van der Waals surface area contributed by atoms with Crippen LogP contribution in [0.3, 0.4) is 0 Å². The molecule has 0 atom stereocenters.